The van der Waals surface area contributed by atoms with E-state index in [2.05, 4.69) is 61.3 Å². The van der Waals surface area contributed by atoms with E-state index in [1.807, 2.05) is 18.2 Å². The van der Waals surface area contributed by atoms with Gasteiger partial charge < -0.3 is 5.11 Å². The molecule has 25 heavy (non-hydrogen) atoms. The van der Waals surface area contributed by atoms with Crippen molar-refractivity contribution in [2.24, 2.45) is 10.2 Å². The van der Waals surface area contributed by atoms with Gasteiger partial charge in [-0.05, 0) is 46.9 Å². The van der Waals surface area contributed by atoms with Gasteiger partial charge in [-0.3, -0.25) is 0 Å². The Labute approximate surface area is 148 Å². The predicted octanol–water partition coefficient (Wildman–Crippen LogP) is 6.77. The van der Waals surface area contributed by atoms with Crippen molar-refractivity contribution in [1.82, 2.24) is 0 Å². The van der Waals surface area contributed by atoms with Crippen LogP contribution in [0.5, 0.6) is 5.75 Å². The first kappa shape index (κ1) is 16.9. The summed E-state index contributed by atoms with van der Waals surface area (Å²) in [5.41, 5.74) is 5.13. The molecular formula is C22H22N2O. The minimum atomic E-state index is 0.136. The number of benzene rings is 3. The lowest BCUT2D eigenvalue weighted by atomic mass is 9.86. The zero-order valence-corrected chi connectivity index (χ0v) is 14.8. The molecule has 0 aliphatic rings. The smallest absolute Gasteiger partial charge is 0.115 e. The molecule has 3 rings (SSSR count). The molecule has 3 heteroatoms. The van der Waals surface area contributed by atoms with Crippen LogP contribution in [-0.4, -0.2) is 5.11 Å². The van der Waals surface area contributed by atoms with Gasteiger partial charge in [-0.25, -0.2) is 0 Å². The van der Waals surface area contributed by atoms with Crippen LogP contribution in [-0.2, 0) is 5.41 Å². The molecule has 1 N–H and O–H groups in total. The Bertz CT molecular complexity index is 873. The molecular weight excluding hydrogens is 308 g/mol. The van der Waals surface area contributed by atoms with Crippen molar-refractivity contribution in [3.8, 4) is 16.9 Å². The maximum absolute atomic E-state index is 9.34. The molecule has 0 aliphatic heterocycles. The predicted molar refractivity (Wildman–Crippen MR) is 103 cm³/mol. The zero-order chi connectivity index (χ0) is 17.9. The molecule has 0 radical (unpaired) electrons. The van der Waals surface area contributed by atoms with Crippen LogP contribution in [0.2, 0.25) is 0 Å². The van der Waals surface area contributed by atoms with Gasteiger partial charge >= 0.3 is 0 Å². The van der Waals surface area contributed by atoms with E-state index in [4.69, 9.17) is 0 Å². The molecule has 3 aromatic rings. The fraction of sp³-hybridized carbons (Fsp3) is 0.182. The summed E-state index contributed by atoms with van der Waals surface area (Å²) in [5, 5.41) is 18.0. The van der Waals surface area contributed by atoms with Crippen molar-refractivity contribution in [2.75, 3.05) is 0 Å². The summed E-state index contributed by atoms with van der Waals surface area (Å²) in [6, 6.07) is 23.3. The molecule has 0 saturated carbocycles. The van der Waals surface area contributed by atoms with E-state index in [9.17, 15) is 5.11 Å². The maximum Gasteiger partial charge on any atom is 0.115 e. The summed E-state index contributed by atoms with van der Waals surface area (Å²) >= 11 is 0. The first-order chi connectivity index (χ1) is 11.9. The van der Waals surface area contributed by atoms with Gasteiger partial charge in [0.25, 0.3) is 0 Å². The van der Waals surface area contributed by atoms with Crippen LogP contribution in [0.25, 0.3) is 11.1 Å². The molecule has 0 aliphatic carbocycles. The topological polar surface area (TPSA) is 45.0 Å². The van der Waals surface area contributed by atoms with Gasteiger partial charge in [0.15, 0.2) is 0 Å². The highest BCUT2D eigenvalue weighted by atomic mass is 16.3. The second-order valence-electron chi connectivity index (χ2n) is 7.06. The number of rotatable bonds is 3. The van der Waals surface area contributed by atoms with Gasteiger partial charge in [-0.15, -0.1) is 5.11 Å². The van der Waals surface area contributed by atoms with Crippen molar-refractivity contribution >= 4 is 11.4 Å². The van der Waals surface area contributed by atoms with Crippen molar-refractivity contribution in [3.63, 3.8) is 0 Å². The largest absolute Gasteiger partial charge is 0.508 e. The standard InChI is InChI=1S/C22H22N2O/c1-22(2,3)17-10-8-16(9-11-17)20-6-4-5-7-21(20)24-23-18-12-14-19(25)15-13-18/h4-15,25H,1-3H3. The Morgan fingerprint density at radius 2 is 1.36 bits per heavy atom. The molecule has 0 aromatic heterocycles. The third kappa shape index (κ3) is 4.13. The first-order valence-corrected chi connectivity index (χ1v) is 8.34. The van der Waals surface area contributed by atoms with Gasteiger partial charge in [-0.2, -0.15) is 5.11 Å². The Hall–Kier alpha value is -2.94. The fourth-order valence-electron chi connectivity index (χ4n) is 2.59. The molecule has 0 heterocycles. The maximum atomic E-state index is 9.34. The number of hydrogen-bond acceptors (Lipinski definition) is 3. The van der Waals surface area contributed by atoms with Crippen LogP contribution in [0.15, 0.2) is 83.0 Å². The van der Waals surface area contributed by atoms with Crippen molar-refractivity contribution in [2.45, 2.75) is 26.2 Å². The quantitative estimate of drug-likeness (QED) is 0.529. The normalized spacial score (nSPS) is 11.8. The Morgan fingerprint density at radius 3 is 2.00 bits per heavy atom. The van der Waals surface area contributed by atoms with Gasteiger partial charge in [-0.1, -0.05) is 63.2 Å². The minimum Gasteiger partial charge on any atom is -0.508 e. The van der Waals surface area contributed by atoms with Crippen molar-refractivity contribution in [1.29, 1.82) is 0 Å². The summed E-state index contributed by atoms with van der Waals surface area (Å²) in [6.07, 6.45) is 0. The molecule has 0 unspecified atom stereocenters. The second kappa shape index (κ2) is 6.89. The third-order valence-corrected chi connectivity index (χ3v) is 4.09. The van der Waals surface area contributed by atoms with Crippen LogP contribution < -0.4 is 0 Å². The van der Waals surface area contributed by atoms with Crippen LogP contribution in [0, 0.1) is 0 Å². The number of phenols is 1. The Morgan fingerprint density at radius 1 is 0.720 bits per heavy atom. The van der Waals surface area contributed by atoms with Crippen LogP contribution in [0.1, 0.15) is 26.3 Å². The first-order valence-electron chi connectivity index (χ1n) is 8.34. The van der Waals surface area contributed by atoms with E-state index in [0.29, 0.717) is 5.69 Å². The number of azo groups is 1. The van der Waals surface area contributed by atoms with Gasteiger partial charge in [0, 0.05) is 5.56 Å². The average molecular weight is 330 g/mol. The number of phenolic OH excluding ortho intramolecular Hbond substituents is 1. The van der Waals surface area contributed by atoms with E-state index in [0.717, 1.165) is 16.8 Å². The van der Waals surface area contributed by atoms with E-state index in [1.165, 1.54) is 5.56 Å². The summed E-state index contributed by atoms with van der Waals surface area (Å²) in [5.74, 6) is 0.221. The Balaban J connectivity index is 1.92. The van der Waals surface area contributed by atoms with Gasteiger partial charge in [0.2, 0.25) is 0 Å². The SMILES string of the molecule is CC(C)(C)c1ccc(-c2ccccc2N=Nc2ccc(O)cc2)cc1. The molecule has 3 nitrogen and oxygen atoms in total. The number of nitrogens with zero attached hydrogens (tertiary/aromatic N) is 2. The van der Waals surface area contributed by atoms with E-state index in [-0.39, 0.29) is 11.2 Å². The van der Waals surface area contributed by atoms with Crippen LogP contribution in [0.4, 0.5) is 11.4 Å². The average Bonchev–Trinajstić information content (AvgIpc) is 2.61. The van der Waals surface area contributed by atoms with E-state index in [1.54, 1.807) is 24.3 Å². The van der Waals surface area contributed by atoms with Crippen molar-refractivity contribution in [3.05, 3.63) is 78.4 Å². The summed E-state index contributed by atoms with van der Waals surface area (Å²) < 4.78 is 0. The lowest BCUT2D eigenvalue weighted by molar-refractivity contribution is 0.475. The lowest BCUT2D eigenvalue weighted by Crippen LogP contribution is -2.10. The second-order valence-corrected chi connectivity index (χ2v) is 7.06. The van der Waals surface area contributed by atoms with Crippen LogP contribution >= 0.6 is 0 Å². The van der Waals surface area contributed by atoms with E-state index >= 15 is 0 Å². The molecule has 3 aromatic carbocycles. The van der Waals surface area contributed by atoms with Gasteiger partial charge in [0.05, 0.1) is 11.4 Å². The minimum absolute atomic E-state index is 0.136. The number of hydrogen-bond donors (Lipinski definition) is 1. The van der Waals surface area contributed by atoms with Crippen molar-refractivity contribution < 1.29 is 5.11 Å². The zero-order valence-electron chi connectivity index (χ0n) is 14.8. The highest BCUT2D eigenvalue weighted by Crippen LogP contribution is 2.33. The number of aromatic hydroxyl groups is 1. The third-order valence-electron chi connectivity index (χ3n) is 4.09. The molecule has 0 saturated heterocycles. The highest BCUT2D eigenvalue weighted by molar-refractivity contribution is 5.75. The Kier molecular flexibility index (Phi) is 4.66. The molecule has 0 fully saturated rings. The molecule has 0 amide bonds. The lowest BCUT2D eigenvalue weighted by Gasteiger charge is -2.19. The van der Waals surface area contributed by atoms with Gasteiger partial charge in [0.1, 0.15) is 5.75 Å². The molecule has 0 spiro atoms. The summed E-state index contributed by atoms with van der Waals surface area (Å²) in [4.78, 5) is 0. The van der Waals surface area contributed by atoms with E-state index < -0.39 is 0 Å². The molecule has 126 valence electrons. The molecule has 0 bridgehead atoms. The monoisotopic (exact) mass is 330 g/mol. The summed E-state index contributed by atoms with van der Waals surface area (Å²) in [6.45, 7) is 6.63. The summed E-state index contributed by atoms with van der Waals surface area (Å²) in [7, 11) is 0. The highest BCUT2D eigenvalue weighted by Gasteiger charge is 2.13. The fourth-order valence-corrected chi connectivity index (χ4v) is 2.59. The molecule has 0 atom stereocenters. The van der Waals surface area contributed by atoms with Crippen LogP contribution in [0.3, 0.4) is 0 Å².